The third-order valence-electron chi connectivity index (χ3n) is 2.42. The molecule has 2 aromatic heterocycles. The van der Waals surface area contributed by atoms with Crippen molar-refractivity contribution in [1.82, 2.24) is 9.97 Å². The van der Waals surface area contributed by atoms with Crippen LogP contribution in [-0.2, 0) is 9.47 Å². The molecule has 0 saturated carbocycles. The number of aromatic nitrogens is 2. The summed E-state index contributed by atoms with van der Waals surface area (Å²) < 4.78 is 18.5. The van der Waals surface area contributed by atoms with Crippen molar-refractivity contribution in [2.75, 3.05) is 20.8 Å². The van der Waals surface area contributed by atoms with E-state index in [0.717, 1.165) is 26.6 Å². The van der Waals surface area contributed by atoms with Gasteiger partial charge in [-0.3, -0.25) is 4.98 Å². The van der Waals surface area contributed by atoms with Crippen LogP contribution >= 0.6 is 0 Å². The van der Waals surface area contributed by atoms with Gasteiger partial charge in [0.05, 0.1) is 32.6 Å². The Balaban J connectivity index is 0.000000277. The number of hydrogen-bond acceptors (Lipinski definition) is 9. The van der Waals surface area contributed by atoms with Crippen LogP contribution in [0.15, 0.2) is 29.4 Å². The number of methoxy groups -OCH3 is 2. The molecule has 0 saturated heterocycles. The first-order valence-electron chi connectivity index (χ1n) is 6.40. The van der Waals surface area contributed by atoms with Crippen LogP contribution in [0.3, 0.4) is 0 Å². The largest absolute Gasteiger partial charge is 0.505 e. The van der Waals surface area contributed by atoms with E-state index in [-0.39, 0.29) is 11.1 Å². The fraction of sp³-hybridized carbons (Fsp3) is 0.286. The van der Waals surface area contributed by atoms with E-state index in [1.54, 1.807) is 0 Å². The number of hydrogen-bond donors (Lipinski definition) is 1. The molecule has 0 atom stereocenters. The van der Waals surface area contributed by atoms with Crippen LogP contribution in [0.1, 0.15) is 27.6 Å². The average molecular weight is 324 g/mol. The van der Waals surface area contributed by atoms with Crippen LogP contribution in [0.25, 0.3) is 0 Å². The predicted octanol–water partition coefficient (Wildman–Crippen LogP) is 1.43. The summed E-state index contributed by atoms with van der Waals surface area (Å²) in [6.07, 6.45) is 5.03. The molecular formula is C14H16N2O7. The van der Waals surface area contributed by atoms with E-state index in [4.69, 9.17) is 9.15 Å². The van der Waals surface area contributed by atoms with Gasteiger partial charge in [0, 0.05) is 6.20 Å². The first-order valence-corrected chi connectivity index (χ1v) is 6.40. The lowest BCUT2D eigenvalue weighted by Gasteiger charge is -2.06. The van der Waals surface area contributed by atoms with Gasteiger partial charge >= 0.3 is 17.9 Å². The topological polar surface area (TPSA) is 121 Å². The second kappa shape index (κ2) is 9.03. The fourth-order valence-corrected chi connectivity index (χ4v) is 1.45. The molecule has 0 fully saturated rings. The molecule has 0 spiro atoms. The van der Waals surface area contributed by atoms with Crippen molar-refractivity contribution in [3.8, 4) is 11.7 Å². The lowest BCUT2D eigenvalue weighted by atomic mass is 10.1. The number of carbonyl (C=O) groups excluding carboxylic acids is 2. The molecule has 9 heteroatoms. The number of oxazole rings is 1. The SMILES string of the molecule is CCOc1cnco1.COC(=O)c1cncc(O)c1C(=O)OC. The highest BCUT2D eigenvalue weighted by atomic mass is 16.6. The van der Waals surface area contributed by atoms with Gasteiger partial charge in [0.15, 0.2) is 6.39 Å². The van der Waals surface area contributed by atoms with E-state index < -0.39 is 17.7 Å². The summed E-state index contributed by atoms with van der Waals surface area (Å²) in [5.41, 5.74) is -0.385. The van der Waals surface area contributed by atoms with E-state index in [0.29, 0.717) is 12.6 Å². The van der Waals surface area contributed by atoms with Crippen molar-refractivity contribution in [3.05, 3.63) is 36.1 Å². The minimum Gasteiger partial charge on any atom is -0.505 e. The molecule has 9 nitrogen and oxygen atoms in total. The second-order valence-corrected chi connectivity index (χ2v) is 3.82. The number of pyridine rings is 1. The van der Waals surface area contributed by atoms with Crippen LogP contribution in [0.5, 0.6) is 11.7 Å². The zero-order valence-electron chi connectivity index (χ0n) is 12.8. The van der Waals surface area contributed by atoms with Crippen LogP contribution in [0, 0.1) is 0 Å². The molecule has 0 aromatic carbocycles. The maximum Gasteiger partial charge on any atom is 0.342 e. The van der Waals surface area contributed by atoms with Crippen molar-refractivity contribution in [3.63, 3.8) is 0 Å². The molecule has 0 amide bonds. The van der Waals surface area contributed by atoms with Crippen LogP contribution in [-0.4, -0.2) is 47.8 Å². The molecule has 2 heterocycles. The molecule has 0 aliphatic carbocycles. The first-order chi connectivity index (χ1) is 11.0. The molecular weight excluding hydrogens is 308 g/mol. The van der Waals surface area contributed by atoms with E-state index in [1.165, 1.54) is 12.6 Å². The van der Waals surface area contributed by atoms with Gasteiger partial charge < -0.3 is 23.7 Å². The lowest BCUT2D eigenvalue weighted by Crippen LogP contribution is -2.12. The number of aromatic hydroxyl groups is 1. The van der Waals surface area contributed by atoms with E-state index >= 15 is 0 Å². The molecule has 0 aliphatic rings. The quantitative estimate of drug-likeness (QED) is 0.832. The van der Waals surface area contributed by atoms with Gasteiger partial charge in [-0.2, -0.15) is 0 Å². The van der Waals surface area contributed by atoms with E-state index in [9.17, 15) is 14.7 Å². The summed E-state index contributed by atoms with van der Waals surface area (Å²) in [4.78, 5) is 29.7. The summed E-state index contributed by atoms with van der Waals surface area (Å²) in [6, 6.07) is 0. The molecule has 0 radical (unpaired) electrons. The maximum absolute atomic E-state index is 11.3. The molecule has 2 rings (SSSR count). The second-order valence-electron chi connectivity index (χ2n) is 3.82. The third kappa shape index (κ3) is 4.99. The van der Waals surface area contributed by atoms with Crippen molar-refractivity contribution in [1.29, 1.82) is 0 Å². The Morgan fingerprint density at radius 2 is 1.83 bits per heavy atom. The Hall–Kier alpha value is -3.10. The Morgan fingerprint density at radius 1 is 1.13 bits per heavy atom. The van der Waals surface area contributed by atoms with Gasteiger partial charge in [-0.05, 0) is 6.92 Å². The van der Waals surface area contributed by atoms with Gasteiger partial charge in [0.25, 0.3) is 0 Å². The molecule has 0 bridgehead atoms. The summed E-state index contributed by atoms with van der Waals surface area (Å²) in [5.74, 6) is -1.54. The van der Waals surface area contributed by atoms with Gasteiger partial charge in [-0.1, -0.05) is 0 Å². The molecule has 0 unspecified atom stereocenters. The monoisotopic (exact) mass is 324 g/mol. The molecule has 1 N–H and O–H groups in total. The lowest BCUT2D eigenvalue weighted by molar-refractivity contribution is 0.0551. The Labute approximate surface area is 131 Å². The molecule has 2 aromatic rings. The number of rotatable bonds is 4. The summed E-state index contributed by atoms with van der Waals surface area (Å²) in [6.45, 7) is 2.51. The standard InChI is InChI=1S/C9H9NO5.C5H7NO2/c1-14-8(12)5-3-10-4-6(11)7(5)9(13)15-2;1-2-7-5-3-6-4-8-5/h3-4,11H,1-2H3;3-4H,2H2,1H3. The summed E-state index contributed by atoms with van der Waals surface area (Å²) in [5, 5.41) is 9.37. The van der Waals surface area contributed by atoms with Crippen LogP contribution < -0.4 is 4.74 Å². The minimum absolute atomic E-state index is 0.135. The Bertz CT molecular complexity index is 641. The molecule has 23 heavy (non-hydrogen) atoms. The first kappa shape index (κ1) is 18.0. The zero-order chi connectivity index (χ0) is 17.2. The summed E-state index contributed by atoms with van der Waals surface area (Å²) >= 11 is 0. The van der Waals surface area contributed by atoms with E-state index in [2.05, 4.69) is 19.4 Å². The number of carbonyl (C=O) groups is 2. The van der Waals surface area contributed by atoms with Crippen molar-refractivity contribution in [2.45, 2.75) is 6.92 Å². The normalized spacial score (nSPS) is 9.35. The van der Waals surface area contributed by atoms with Gasteiger partial charge in [0.2, 0.25) is 0 Å². The third-order valence-corrected chi connectivity index (χ3v) is 2.42. The number of ether oxygens (including phenoxy) is 3. The highest BCUT2D eigenvalue weighted by Crippen LogP contribution is 2.20. The fourth-order valence-electron chi connectivity index (χ4n) is 1.45. The van der Waals surface area contributed by atoms with Crippen molar-refractivity contribution >= 4 is 11.9 Å². The van der Waals surface area contributed by atoms with Gasteiger partial charge in [-0.15, -0.1) is 0 Å². The smallest absolute Gasteiger partial charge is 0.342 e. The maximum atomic E-state index is 11.3. The van der Waals surface area contributed by atoms with Crippen molar-refractivity contribution < 1.29 is 33.3 Å². The average Bonchev–Trinajstić information content (AvgIpc) is 3.07. The highest BCUT2D eigenvalue weighted by Gasteiger charge is 2.22. The van der Waals surface area contributed by atoms with Crippen LogP contribution in [0.2, 0.25) is 0 Å². The zero-order valence-corrected chi connectivity index (χ0v) is 12.8. The van der Waals surface area contributed by atoms with Gasteiger partial charge in [-0.25, -0.2) is 14.6 Å². The molecule has 124 valence electrons. The Morgan fingerprint density at radius 3 is 2.35 bits per heavy atom. The minimum atomic E-state index is -0.824. The number of nitrogens with zero attached hydrogens (tertiary/aromatic N) is 2. The number of esters is 2. The predicted molar refractivity (Wildman–Crippen MR) is 76.3 cm³/mol. The van der Waals surface area contributed by atoms with Gasteiger partial charge in [0.1, 0.15) is 17.5 Å². The van der Waals surface area contributed by atoms with Crippen molar-refractivity contribution in [2.24, 2.45) is 0 Å². The van der Waals surface area contributed by atoms with E-state index in [1.807, 2.05) is 6.92 Å². The summed E-state index contributed by atoms with van der Waals surface area (Å²) in [7, 11) is 2.30. The Kier molecular flexibility index (Phi) is 7.05. The van der Waals surface area contributed by atoms with Crippen LogP contribution in [0.4, 0.5) is 0 Å². The molecule has 0 aliphatic heterocycles. The highest BCUT2D eigenvalue weighted by molar-refractivity contribution is 6.04.